The Labute approximate surface area is 102 Å². The Morgan fingerprint density at radius 2 is 2.18 bits per heavy atom. The average Bonchev–Trinajstić information content (AvgIpc) is 2.56. The van der Waals surface area contributed by atoms with Crippen molar-refractivity contribution in [3.8, 4) is 0 Å². The highest BCUT2D eigenvalue weighted by Crippen LogP contribution is 2.34. The fourth-order valence-electron chi connectivity index (χ4n) is 2.31. The Balaban J connectivity index is 2.36. The number of carbonyl (C=O) groups excluding carboxylic acids is 1. The Morgan fingerprint density at radius 1 is 1.41 bits per heavy atom. The van der Waals surface area contributed by atoms with Crippen LogP contribution in [-0.4, -0.2) is 5.97 Å². The molecule has 1 aliphatic carbocycles. The van der Waals surface area contributed by atoms with Crippen LogP contribution in [0, 0.1) is 0 Å². The van der Waals surface area contributed by atoms with Gasteiger partial charge >= 0.3 is 5.97 Å². The van der Waals surface area contributed by atoms with Crippen LogP contribution in [0.15, 0.2) is 23.8 Å². The minimum absolute atomic E-state index is 0.243. The second-order valence-corrected chi connectivity index (χ2v) is 4.62. The van der Waals surface area contributed by atoms with Gasteiger partial charge in [-0.2, -0.15) is 0 Å². The Kier molecular flexibility index (Phi) is 3.32. The van der Waals surface area contributed by atoms with E-state index in [1.54, 1.807) is 0 Å². The van der Waals surface area contributed by atoms with Gasteiger partial charge in [0, 0.05) is 12.5 Å². The van der Waals surface area contributed by atoms with Crippen molar-refractivity contribution in [2.24, 2.45) is 0 Å². The molecule has 0 radical (unpaired) electrons. The first-order valence-electron chi connectivity index (χ1n) is 6.12. The molecule has 2 nitrogen and oxygen atoms in total. The first kappa shape index (κ1) is 11.9. The Hall–Kier alpha value is -1.57. The van der Waals surface area contributed by atoms with Crippen LogP contribution in [0.5, 0.6) is 0 Å². The van der Waals surface area contributed by atoms with Crippen molar-refractivity contribution in [2.75, 3.05) is 0 Å². The van der Waals surface area contributed by atoms with Crippen molar-refractivity contribution in [1.82, 2.24) is 0 Å². The predicted octanol–water partition coefficient (Wildman–Crippen LogP) is 3.49. The van der Waals surface area contributed by atoms with Gasteiger partial charge in [-0.05, 0) is 42.5 Å². The van der Waals surface area contributed by atoms with Crippen LogP contribution < -0.4 is 0 Å². The number of hydrogen-bond donors (Lipinski definition) is 0. The van der Waals surface area contributed by atoms with Crippen molar-refractivity contribution in [3.63, 3.8) is 0 Å². The molecule has 0 aromatic heterocycles. The Morgan fingerprint density at radius 3 is 2.82 bits per heavy atom. The number of rotatable bonds is 3. The van der Waals surface area contributed by atoms with Gasteiger partial charge < -0.3 is 4.74 Å². The fraction of sp³-hybridized carbons (Fsp3) is 0.400. The largest absolute Gasteiger partial charge is 0.426 e. The summed E-state index contributed by atoms with van der Waals surface area (Å²) in [6.45, 7) is 5.65. The lowest BCUT2D eigenvalue weighted by atomic mass is 10.0. The van der Waals surface area contributed by atoms with Crippen molar-refractivity contribution in [2.45, 2.75) is 40.0 Å². The lowest BCUT2D eigenvalue weighted by molar-refractivity contribution is -0.134. The molecule has 2 heteroatoms. The van der Waals surface area contributed by atoms with Gasteiger partial charge in [-0.3, -0.25) is 4.79 Å². The van der Waals surface area contributed by atoms with E-state index in [0.717, 1.165) is 36.2 Å². The van der Waals surface area contributed by atoms with Crippen LogP contribution in [0.1, 0.15) is 43.9 Å². The van der Waals surface area contributed by atoms with Gasteiger partial charge in [0.2, 0.25) is 0 Å². The summed E-state index contributed by atoms with van der Waals surface area (Å²) in [6.07, 6.45) is 3.09. The van der Waals surface area contributed by atoms with E-state index in [2.05, 4.69) is 25.1 Å². The first-order valence-corrected chi connectivity index (χ1v) is 6.12. The molecule has 0 amide bonds. The molecule has 1 aromatic rings. The molecule has 0 N–H and O–H groups in total. The summed E-state index contributed by atoms with van der Waals surface area (Å²) in [6, 6.07) is 6.49. The van der Waals surface area contributed by atoms with Crippen LogP contribution in [0.2, 0.25) is 0 Å². The molecule has 0 bridgehead atoms. The highest BCUT2D eigenvalue weighted by Gasteiger charge is 2.21. The number of fused-ring (bicyclic) bond motifs is 1. The maximum atomic E-state index is 11.1. The molecular formula is C15H18O2. The zero-order valence-electron chi connectivity index (χ0n) is 10.7. The smallest absolute Gasteiger partial charge is 0.308 e. The molecule has 0 unspecified atom stereocenters. The molecule has 90 valence electrons. The second kappa shape index (κ2) is 4.74. The zero-order valence-corrected chi connectivity index (χ0v) is 10.7. The van der Waals surface area contributed by atoms with Crippen molar-refractivity contribution in [1.29, 1.82) is 0 Å². The summed E-state index contributed by atoms with van der Waals surface area (Å²) in [7, 11) is 0. The Bertz CT molecular complexity index is 484. The number of allylic oxidation sites excluding steroid dienone is 1. The molecule has 0 spiro atoms. The van der Waals surface area contributed by atoms with Crippen molar-refractivity contribution < 1.29 is 9.53 Å². The number of hydrogen-bond acceptors (Lipinski definition) is 2. The lowest BCUT2D eigenvalue weighted by Crippen LogP contribution is -1.98. The second-order valence-electron chi connectivity index (χ2n) is 4.62. The summed E-state index contributed by atoms with van der Waals surface area (Å²) in [5, 5.41) is 0. The maximum absolute atomic E-state index is 11.1. The molecule has 17 heavy (non-hydrogen) atoms. The van der Waals surface area contributed by atoms with E-state index in [1.807, 2.05) is 6.92 Å². The SMILES string of the molecule is CCCc1ccc2c(c1)C(OC(C)=O)=C(C)C2. The monoisotopic (exact) mass is 230 g/mol. The third-order valence-electron chi connectivity index (χ3n) is 3.05. The summed E-state index contributed by atoms with van der Waals surface area (Å²) >= 11 is 0. The highest BCUT2D eigenvalue weighted by molar-refractivity contribution is 5.81. The van der Waals surface area contributed by atoms with Crippen LogP contribution in [0.4, 0.5) is 0 Å². The third kappa shape index (κ3) is 2.41. The van der Waals surface area contributed by atoms with E-state index >= 15 is 0 Å². The minimum atomic E-state index is -0.243. The van der Waals surface area contributed by atoms with Gasteiger partial charge in [-0.15, -0.1) is 0 Å². The van der Waals surface area contributed by atoms with Crippen molar-refractivity contribution in [3.05, 3.63) is 40.5 Å². The van der Waals surface area contributed by atoms with Gasteiger partial charge in [0.1, 0.15) is 5.76 Å². The number of benzene rings is 1. The van der Waals surface area contributed by atoms with Crippen molar-refractivity contribution >= 4 is 11.7 Å². The van der Waals surface area contributed by atoms with Crippen LogP contribution in [0.25, 0.3) is 5.76 Å². The fourth-order valence-corrected chi connectivity index (χ4v) is 2.31. The molecule has 1 aliphatic rings. The highest BCUT2D eigenvalue weighted by atomic mass is 16.5. The molecule has 0 atom stereocenters. The van der Waals surface area contributed by atoms with Crippen LogP contribution in [-0.2, 0) is 22.4 Å². The molecule has 1 aromatic carbocycles. The van der Waals surface area contributed by atoms with Crippen LogP contribution >= 0.6 is 0 Å². The summed E-state index contributed by atoms with van der Waals surface area (Å²) in [5.41, 5.74) is 4.82. The average molecular weight is 230 g/mol. The van der Waals surface area contributed by atoms with Gasteiger partial charge in [0.05, 0.1) is 0 Å². The third-order valence-corrected chi connectivity index (χ3v) is 3.05. The maximum Gasteiger partial charge on any atom is 0.308 e. The summed E-state index contributed by atoms with van der Waals surface area (Å²) < 4.78 is 5.32. The van der Waals surface area contributed by atoms with Gasteiger partial charge in [0.25, 0.3) is 0 Å². The number of ether oxygens (including phenoxy) is 1. The molecule has 0 saturated heterocycles. The predicted molar refractivity (Wildman–Crippen MR) is 68.5 cm³/mol. The van der Waals surface area contributed by atoms with E-state index in [1.165, 1.54) is 18.1 Å². The normalized spacial score (nSPS) is 13.8. The first-order chi connectivity index (χ1) is 8.11. The van der Waals surface area contributed by atoms with E-state index < -0.39 is 0 Å². The van der Waals surface area contributed by atoms with Gasteiger partial charge in [0.15, 0.2) is 0 Å². The topological polar surface area (TPSA) is 26.3 Å². The molecule has 0 saturated carbocycles. The number of carbonyl (C=O) groups is 1. The molecule has 0 aliphatic heterocycles. The van der Waals surface area contributed by atoms with E-state index in [-0.39, 0.29) is 5.97 Å². The van der Waals surface area contributed by atoms with E-state index in [0.29, 0.717) is 0 Å². The standard InChI is InChI=1S/C15H18O2/c1-4-5-12-6-7-13-8-10(2)15(14(13)9-12)17-11(3)16/h6-7,9H,4-5,8H2,1-3H3. The summed E-state index contributed by atoms with van der Waals surface area (Å²) in [5.74, 6) is 0.526. The zero-order chi connectivity index (χ0) is 12.4. The quantitative estimate of drug-likeness (QED) is 0.743. The molecule has 0 heterocycles. The molecular weight excluding hydrogens is 212 g/mol. The summed E-state index contributed by atoms with van der Waals surface area (Å²) in [4.78, 5) is 11.1. The minimum Gasteiger partial charge on any atom is -0.426 e. The van der Waals surface area contributed by atoms with E-state index in [9.17, 15) is 4.79 Å². The number of esters is 1. The lowest BCUT2D eigenvalue weighted by Gasteiger charge is -2.08. The molecule has 0 fully saturated rings. The van der Waals surface area contributed by atoms with Gasteiger partial charge in [-0.25, -0.2) is 0 Å². The van der Waals surface area contributed by atoms with Gasteiger partial charge in [-0.1, -0.05) is 25.5 Å². The number of aryl methyl sites for hydroxylation is 1. The van der Waals surface area contributed by atoms with Crippen LogP contribution in [0.3, 0.4) is 0 Å². The molecule has 2 rings (SSSR count). The van der Waals surface area contributed by atoms with E-state index in [4.69, 9.17) is 4.74 Å².